The summed E-state index contributed by atoms with van der Waals surface area (Å²) in [4.78, 5) is 12.3. The number of rotatable bonds is 3. The quantitative estimate of drug-likeness (QED) is 0.379. The van der Waals surface area contributed by atoms with Gasteiger partial charge in [-0.25, -0.2) is 0 Å². The van der Waals surface area contributed by atoms with E-state index in [0.717, 1.165) is 5.56 Å². The number of hydrogen-bond donors (Lipinski definition) is 0. The van der Waals surface area contributed by atoms with Crippen molar-refractivity contribution in [2.45, 2.75) is 0 Å². The van der Waals surface area contributed by atoms with Crippen molar-refractivity contribution in [2.24, 2.45) is 0 Å². The summed E-state index contributed by atoms with van der Waals surface area (Å²) in [6, 6.07) is 22.4. The smallest absolute Gasteiger partial charge is 0.157 e. The van der Waals surface area contributed by atoms with E-state index in [1.54, 1.807) is 19.2 Å². The molecule has 0 unspecified atom stereocenters. The van der Waals surface area contributed by atoms with Crippen LogP contribution in [0.3, 0.4) is 0 Å². The summed E-state index contributed by atoms with van der Waals surface area (Å²) >= 11 is 0. The Morgan fingerprint density at radius 2 is 1.54 bits per heavy atom. The van der Waals surface area contributed by atoms with E-state index < -0.39 is 0 Å². The second-order valence-electron chi connectivity index (χ2n) is 5.31. The third-order valence-electron chi connectivity index (χ3n) is 3.73. The second kappa shape index (κ2) is 9.09. The fourth-order valence-corrected chi connectivity index (χ4v) is 2.51. The van der Waals surface area contributed by atoms with Crippen molar-refractivity contribution in [3.8, 4) is 22.8 Å². The molecule has 0 aliphatic heterocycles. The van der Waals surface area contributed by atoms with E-state index in [9.17, 15) is 4.79 Å². The van der Waals surface area contributed by atoms with Crippen LogP contribution in [0.4, 0.5) is 0 Å². The van der Waals surface area contributed by atoms with Crippen LogP contribution < -0.4 is 14.9 Å². The third kappa shape index (κ3) is 4.26. The molecular formula is C21H18FeO4-6. The van der Waals surface area contributed by atoms with Gasteiger partial charge in [0.1, 0.15) is 17.1 Å². The van der Waals surface area contributed by atoms with E-state index in [1.165, 1.54) is 13.2 Å². The minimum absolute atomic E-state index is 0. The van der Waals surface area contributed by atoms with Gasteiger partial charge in [0.25, 0.3) is 0 Å². The van der Waals surface area contributed by atoms with Crippen LogP contribution in [0.2, 0.25) is 0 Å². The minimum atomic E-state index is -0.137. The molecule has 0 aliphatic rings. The molecule has 140 valence electrons. The Morgan fingerprint density at radius 3 is 2.08 bits per heavy atom. The molecule has 3 aromatic carbocycles. The van der Waals surface area contributed by atoms with Crippen LogP contribution >= 0.6 is 0 Å². The molecule has 26 heavy (non-hydrogen) atoms. The molecule has 4 aromatic rings. The summed E-state index contributed by atoms with van der Waals surface area (Å²) in [5.74, 6) is 1.56. The fourth-order valence-electron chi connectivity index (χ4n) is 2.51. The maximum absolute atomic E-state index is 12.3. The van der Waals surface area contributed by atoms with E-state index >= 15 is 0 Å². The van der Waals surface area contributed by atoms with E-state index in [1.807, 2.05) is 54.6 Å². The van der Waals surface area contributed by atoms with Crippen molar-refractivity contribution in [1.82, 2.24) is 0 Å². The van der Waals surface area contributed by atoms with Gasteiger partial charge in [0.2, 0.25) is 0 Å². The molecule has 0 saturated carbocycles. The molecule has 0 spiro atoms. The Bertz CT molecular complexity index is 966. The number of hydrogen-bond acceptors (Lipinski definition) is 4. The molecule has 0 radical (unpaired) electrons. The maximum Gasteiger partial charge on any atom is 0.157 e. The fraction of sp³-hybridized carbons (Fsp3) is 0.0952. The summed E-state index contributed by atoms with van der Waals surface area (Å²) in [5, 5.41) is 0.420. The zero-order valence-electron chi connectivity index (χ0n) is 14.4. The first-order valence-electron chi connectivity index (χ1n) is 7.81. The maximum atomic E-state index is 12.3. The van der Waals surface area contributed by atoms with Crippen LogP contribution in [0.25, 0.3) is 22.3 Å². The topological polar surface area (TPSA) is 48.7 Å². The van der Waals surface area contributed by atoms with Gasteiger partial charge in [-0.15, -0.1) is 12.1 Å². The number of ether oxygens (including phenoxy) is 2. The third-order valence-corrected chi connectivity index (χ3v) is 3.73. The van der Waals surface area contributed by atoms with Crippen molar-refractivity contribution < 1.29 is 31.0 Å². The zero-order chi connectivity index (χ0) is 17.6. The van der Waals surface area contributed by atoms with Gasteiger partial charge in [0.05, 0.1) is 25.4 Å². The predicted octanol–water partition coefficient (Wildman–Crippen LogP) is 4.60. The van der Waals surface area contributed by atoms with Crippen molar-refractivity contribution in [1.29, 1.82) is 0 Å². The molecule has 1 aromatic heterocycles. The summed E-state index contributed by atoms with van der Waals surface area (Å²) in [5.41, 5.74) is 1.18. The molecule has 0 fully saturated rings. The molecule has 5 heteroatoms. The van der Waals surface area contributed by atoms with E-state index in [2.05, 4.69) is 0 Å². The molecule has 0 amide bonds. The van der Waals surface area contributed by atoms with Gasteiger partial charge >= 0.3 is 0 Å². The Balaban J connectivity index is 0.000000351. The van der Waals surface area contributed by atoms with Crippen LogP contribution in [-0.2, 0) is 17.1 Å². The Morgan fingerprint density at radius 1 is 0.923 bits per heavy atom. The summed E-state index contributed by atoms with van der Waals surface area (Å²) < 4.78 is 16.2. The van der Waals surface area contributed by atoms with Gasteiger partial charge in [0, 0.05) is 29.2 Å². The molecule has 0 bridgehead atoms. The normalized spacial score (nSPS) is 9.77. The van der Waals surface area contributed by atoms with Crippen molar-refractivity contribution in [2.75, 3.05) is 14.2 Å². The molecule has 0 aliphatic carbocycles. The van der Waals surface area contributed by atoms with Crippen LogP contribution in [0.5, 0.6) is 11.5 Å². The first-order chi connectivity index (χ1) is 12.2. The van der Waals surface area contributed by atoms with Gasteiger partial charge < -0.3 is 44.2 Å². The average Bonchev–Trinajstić information content (AvgIpc) is 3.36. The van der Waals surface area contributed by atoms with Gasteiger partial charge in [-0.3, -0.25) is 4.79 Å². The average molecular weight is 390 g/mol. The molecule has 4 rings (SSSR count). The second-order valence-corrected chi connectivity index (χ2v) is 5.31. The van der Waals surface area contributed by atoms with Crippen LogP contribution in [0.1, 0.15) is 0 Å². The predicted molar refractivity (Wildman–Crippen MR) is 98.7 cm³/mol. The van der Waals surface area contributed by atoms with Crippen molar-refractivity contribution in [3.63, 3.8) is 0 Å². The van der Waals surface area contributed by atoms with E-state index in [0.29, 0.717) is 28.2 Å². The SMILES string of the molecule is COc1cc(OC)c2c(=O)cc(-[c-]3cccc3)oc2c1.[Fe].[cH-]1[cH-][cH-][cH-][cH-]1. The Kier molecular flexibility index (Phi) is 6.84. The minimum Gasteiger partial charge on any atom is -0.748 e. The Labute approximate surface area is 162 Å². The van der Waals surface area contributed by atoms with Crippen molar-refractivity contribution in [3.05, 3.63) is 83.0 Å². The van der Waals surface area contributed by atoms with Crippen LogP contribution in [-0.4, -0.2) is 14.2 Å². The van der Waals surface area contributed by atoms with Gasteiger partial charge in [0.15, 0.2) is 5.43 Å². The van der Waals surface area contributed by atoms with Gasteiger partial charge in [-0.2, -0.15) is 12.1 Å². The molecule has 0 saturated heterocycles. The molecule has 0 N–H and O–H groups in total. The monoisotopic (exact) mass is 390 g/mol. The van der Waals surface area contributed by atoms with Crippen LogP contribution in [0, 0.1) is 0 Å². The van der Waals surface area contributed by atoms with E-state index in [-0.39, 0.29) is 22.5 Å². The molecule has 0 atom stereocenters. The Hall–Kier alpha value is -2.75. The molecular weight excluding hydrogens is 372 g/mol. The first-order valence-corrected chi connectivity index (χ1v) is 7.81. The van der Waals surface area contributed by atoms with Crippen molar-refractivity contribution >= 4 is 11.0 Å². The summed E-state index contributed by atoms with van der Waals surface area (Å²) in [6.45, 7) is 0. The summed E-state index contributed by atoms with van der Waals surface area (Å²) in [7, 11) is 3.07. The zero-order valence-corrected chi connectivity index (χ0v) is 15.5. The number of methoxy groups -OCH3 is 2. The summed E-state index contributed by atoms with van der Waals surface area (Å²) in [6.07, 6.45) is 0. The van der Waals surface area contributed by atoms with Gasteiger partial charge in [-0.1, -0.05) is 5.56 Å². The number of benzene rings is 1. The standard InChI is InChI=1S/C16H13O4.C5H5.Fe/c1-18-11-7-14(19-2)16-12(17)9-13(20-15(16)8-11)10-5-3-4-6-10;1-2-4-5-3-1;/h3-9H,1-2H3;1-5H;/q-1;-5;. The van der Waals surface area contributed by atoms with Gasteiger partial charge in [-0.05, 0) is 6.07 Å². The number of fused-ring (bicyclic) bond motifs is 1. The molecule has 4 nitrogen and oxygen atoms in total. The van der Waals surface area contributed by atoms with E-state index in [4.69, 9.17) is 13.9 Å². The van der Waals surface area contributed by atoms with Crippen LogP contribution in [0.15, 0.2) is 82.0 Å². The largest absolute Gasteiger partial charge is 0.748 e. The molecule has 1 heterocycles. The first kappa shape index (κ1) is 19.6.